The number of nitrogens with two attached hydrogens (primary N) is 1. The Labute approximate surface area is 122 Å². The van der Waals surface area contributed by atoms with Crippen LogP contribution in [-0.4, -0.2) is 46.8 Å². The fourth-order valence-corrected chi connectivity index (χ4v) is 2.86. The molecule has 0 spiro atoms. The fourth-order valence-electron chi connectivity index (χ4n) is 2.86. The number of carbonyl (C=O) groups is 1. The third-order valence-corrected chi connectivity index (χ3v) is 3.65. The van der Waals surface area contributed by atoms with Crippen molar-refractivity contribution in [1.29, 1.82) is 0 Å². The average Bonchev–Trinajstić information content (AvgIpc) is 2.42. The number of hydrogen-bond acceptors (Lipinski definition) is 6. The van der Waals surface area contributed by atoms with E-state index in [9.17, 15) is 10.0 Å². The molecule has 7 heteroatoms. The number of hydrogen-bond donors (Lipinski definition) is 1. The molecule has 0 bridgehead atoms. The number of benzene rings is 1. The van der Waals surface area contributed by atoms with Crippen molar-refractivity contribution >= 4 is 11.7 Å². The summed E-state index contributed by atoms with van der Waals surface area (Å²) in [6, 6.07) is 6.92. The van der Waals surface area contributed by atoms with Crippen LogP contribution in [0.25, 0.3) is 0 Å². The van der Waals surface area contributed by atoms with Gasteiger partial charge in [0.1, 0.15) is 0 Å². The topological polar surface area (TPSA) is 91.0 Å². The lowest BCUT2D eigenvalue weighted by Crippen LogP contribution is -2.57. The van der Waals surface area contributed by atoms with E-state index in [0.29, 0.717) is 30.1 Å². The minimum absolute atomic E-state index is 0.0209. The van der Waals surface area contributed by atoms with E-state index in [2.05, 4.69) is 5.10 Å². The number of hydroxylamine groups is 1. The van der Waals surface area contributed by atoms with Crippen molar-refractivity contribution < 1.29 is 14.4 Å². The first-order valence-corrected chi connectivity index (χ1v) is 6.92. The third-order valence-electron chi connectivity index (χ3n) is 3.65. The molecule has 2 heterocycles. The van der Waals surface area contributed by atoms with Gasteiger partial charge in [0.25, 0.3) is 0 Å². The lowest BCUT2D eigenvalue weighted by atomic mass is 10.0. The van der Waals surface area contributed by atoms with Crippen molar-refractivity contribution in [2.24, 2.45) is 10.9 Å². The Bertz CT molecular complexity index is 604. The third kappa shape index (κ3) is 2.44. The van der Waals surface area contributed by atoms with Crippen molar-refractivity contribution in [2.45, 2.75) is 26.1 Å². The van der Waals surface area contributed by atoms with Gasteiger partial charge in [0.05, 0.1) is 17.8 Å². The van der Waals surface area contributed by atoms with Crippen molar-refractivity contribution in [3.63, 3.8) is 0 Å². The predicted molar refractivity (Wildman–Crippen MR) is 76.7 cm³/mol. The highest BCUT2D eigenvalue weighted by Gasteiger charge is 2.39. The van der Waals surface area contributed by atoms with E-state index >= 15 is 0 Å². The van der Waals surface area contributed by atoms with Crippen LogP contribution in [0.15, 0.2) is 29.4 Å². The Morgan fingerprint density at radius 2 is 1.86 bits per heavy atom. The van der Waals surface area contributed by atoms with Crippen LogP contribution < -0.4 is 5.84 Å². The van der Waals surface area contributed by atoms with Gasteiger partial charge >= 0.3 is 5.91 Å². The molecule has 7 nitrogen and oxygen atoms in total. The smallest absolute Gasteiger partial charge is 0.392 e. The Kier molecular flexibility index (Phi) is 3.29. The van der Waals surface area contributed by atoms with E-state index in [4.69, 9.17) is 10.6 Å². The average molecular weight is 290 g/mol. The summed E-state index contributed by atoms with van der Waals surface area (Å²) < 4.78 is 5.69. The lowest BCUT2D eigenvalue weighted by molar-refractivity contribution is -0.817. The van der Waals surface area contributed by atoms with E-state index in [0.717, 1.165) is 0 Å². The second-order valence-electron chi connectivity index (χ2n) is 5.56. The zero-order valence-electron chi connectivity index (χ0n) is 12.0. The molecule has 0 aliphatic carbocycles. The maximum Gasteiger partial charge on any atom is 0.392 e. The standard InChI is InChI=1S/C14H18N4O3/c1-9-7-17(8-10(2)21-9)13-11-5-3-4-6-12(11)14(19)18(15,20)16-13/h3-6,9-10H,7-8,15H2,1-2H3/t9-,10+,18?. The maximum absolute atomic E-state index is 12.2. The Morgan fingerprint density at radius 1 is 1.29 bits per heavy atom. The molecular weight excluding hydrogens is 272 g/mol. The highest BCUT2D eigenvalue weighted by Crippen LogP contribution is 2.25. The molecule has 1 amide bonds. The molecule has 1 aromatic carbocycles. The van der Waals surface area contributed by atoms with Gasteiger partial charge in [0, 0.05) is 18.7 Å². The van der Waals surface area contributed by atoms with E-state index in [-0.39, 0.29) is 12.2 Å². The lowest BCUT2D eigenvalue weighted by Gasteiger charge is -2.40. The second-order valence-corrected chi connectivity index (χ2v) is 5.56. The van der Waals surface area contributed by atoms with Crippen LogP contribution in [-0.2, 0) is 4.74 Å². The molecule has 2 N–H and O–H groups in total. The van der Waals surface area contributed by atoms with Gasteiger partial charge in [-0.25, -0.2) is 4.79 Å². The zero-order chi connectivity index (χ0) is 15.2. The first-order valence-electron chi connectivity index (χ1n) is 6.92. The van der Waals surface area contributed by atoms with Gasteiger partial charge in [-0.05, 0) is 25.0 Å². The summed E-state index contributed by atoms with van der Waals surface area (Å²) in [5, 5.41) is 16.1. The molecule has 0 radical (unpaired) electrons. The van der Waals surface area contributed by atoms with Crippen LogP contribution in [0.3, 0.4) is 0 Å². The fraction of sp³-hybridized carbons (Fsp3) is 0.429. The van der Waals surface area contributed by atoms with Gasteiger partial charge in [-0.15, -0.1) is 5.84 Å². The van der Waals surface area contributed by atoms with Crippen molar-refractivity contribution in [3.05, 3.63) is 40.6 Å². The van der Waals surface area contributed by atoms with Gasteiger partial charge in [-0.1, -0.05) is 23.1 Å². The van der Waals surface area contributed by atoms with Crippen LogP contribution >= 0.6 is 0 Å². The highest BCUT2D eigenvalue weighted by molar-refractivity contribution is 6.09. The summed E-state index contributed by atoms with van der Waals surface area (Å²) >= 11 is 0. The van der Waals surface area contributed by atoms with E-state index < -0.39 is 10.8 Å². The molecule has 112 valence electrons. The van der Waals surface area contributed by atoms with Crippen LogP contribution in [0.2, 0.25) is 0 Å². The first kappa shape index (κ1) is 14.2. The van der Waals surface area contributed by atoms with Gasteiger partial charge in [-0.3, -0.25) is 0 Å². The summed E-state index contributed by atoms with van der Waals surface area (Å²) in [5.74, 6) is 5.21. The summed E-state index contributed by atoms with van der Waals surface area (Å²) in [5.41, 5.74) is 0.964. The van der Waals surface area contributed by atoms with Crippen molar-refractivity contribution in [3.8, 4) is 0 Å². The predicted octanol–water partition coefficient (Wildman–Crippen LogP) is 0.799. The monoisotopic (exact) mass is 290 g/mol. The summed E-state index contributed by atoms with van der Waals surface area (Å²) in [6.07, 6.45) is 0.0418. The zero-order valence-corrected chi connectivity index (χ0v) is 12.0. The Balaban J connectivity index is 2.06. The minimum Gasteiger partial charge on any atom is -0.577 e. The number of amidine groups is 1. The molecule has 1 unspecified atom stereocenters. The minimum atomic E-state index is -1.74. The van der Waals surface area contributed by atoms with E-state index in [1.165, 1.54) is 0 Å². The largest absolute Gasteiger partial charge is 0.577 e. The van der Waals surface area contributed by atoms with E-state index in [1.807, 2.05) is 24.8 Å². The number of quaternary nitrogens is 1. The van der Waals surface area contributed by atoms with Crippen LogP contribution in [0.4, 0.5) is 0 Å². The number of morpholine rings is 1. The summed E-state index contributed by atoms with van der Waals surface area (Å²) in [6.45, 7) is 5.13. The normalized spacial score (nSPS) is 32.7. The molecule has 1 fully saturated rings. The number of rotatable bonds is 0. The maximum atomic E-state index is 12.2. The molecular formula is C14H18N4O3. The van der Waals surface area contributed by atoms with Crippen LogP contribution in [0.1, 0.15) is 29.8 Å². The van der Waals surface area contributed by atoms with Crippen molar-refractivity contribution in [1.82, 2.24) is 4.90 Å². The van der Waals surface area contributed by atoms with Gasteiger partial charge in [-0.2, -0.15) is 0 Å². The number of carbonyl (C=O) groups excluding carboxylic acids is 1. The van der Waals surface area contributed by atoms with Crippen molar-refractivity contribution in [2.75, 3.05) is 13.1 Å². The van der Waals surface area contributed by atoms with E-state index in [1.54, 1.807) is 18.2 Å². The molecule has 0 aromatic heterocycles. The van der Waals surface area contributed by atoms with Gasteiger partial charge < -0.3 is 14.8 Å². The second kappa shape index (κ2) is 4.88. The molecule has 2 aliphatic rings. The molecule has 2 aliphatic heterocycles. The van der Waals surface area contributed by atoms with Gasteiger partial charge in [0.15, 0.2) is 5.84 Å². The molecule has 21 heavy (non-hydrogen) atoms. The molecule has 3 rings (SSSR count). The molecule has 3 atom stereocenters. The first-order chi connectivity index (χ1) is 9.88. The Hall–Kier alpha value is -1.80. The number of fused-ring (bicyclic) bond motifs is 1. The highest BCUT2D eigenvalue weighted by atomic mass is 16.6. The quantitative estimate of drug-likeness (QED) is 0.330. The van der Waals surface area contributed by atoms with Crippen LogP contribution in [0.5, 0.6) is 0 Å². The van der Waals surface area contributed by atoms with Crippen LogP contribution in [0, 0.1) is 5.21 Å². The summed E-state index contributed by atoms with van der Waals surface area (Å²) in [4.78, 5) is 12.3. The summed E-state index contributed by atoms with van der Waals surface area (Å²) in [7, 11) is 0. The molecule has 0 saturated carbocycles. The number of nitrogens with zero attached hydrogens (tertiary/aromatic N) is 3. The number of ether oxygens (including phenoxy) is 1. The van der Waals surface area contributed by atoms with Gasteiger partial charge in [0.2, 0.25) is 0 Å². The molecule has 1 saturated heterocycles. The molecule has 1 aromatic rings. The SMILES string of the molecule is C[C@@H]1CN(C2=N[N+](N)([O-])C(=O)c3ccccc32)C[C@H](C)O1. The Morgan fingerprint density at radius 3 is 2.48 bits per heavy atom. The number of amides is 1.